The Hall–Kier alpha value is -1.51. The van der Waals surface area contributed by atoms with Crippen molar-refractivity contribution in [2.75, 3.05) is 19.5 Å². The molecular formula is C16H22N2O4S2. The van der Waals surface area contributed by atoms with E-state index in [-0.39, 0.29) is 10.8 Å². The van der Waals surface area contributed by atoms with Gasteiger partial charge in [-0.25, -0.2) is 8.42 Å². The lowest BCUT2D eigenvalue weighted by Gasteiger charge is -2.06. The molecule has 0 aliphatic heterocycles. The van der Waals surface area contributed by atoms with Crippen LogP contribution in [0.25, 0.3) is 10.2 Å². The molecule has 0 aliphatic rings. The molecule has 0 saturated carbocycles. The molecule has 0 radical (unpaired) electrons. The molecule has 0 N–H and O–H groups in total. The third kappa shape index (κ3) is 4.52. The second-order valence-corrected chi connectivity index (χ2v) is 8.42. The van der Waals surface area contributed by atoms with Crippen LogP contribution in [-0.2, 0) is 25.9 Å². The summed E-state index contributed by atoms with van der Waals surface area (Å²) >= 11 is 1.32. The normalized spacial score (nSPS) is 12.9. The maximum atomic E-state index is 11.9. The summed E-state index contributed by atoms with van der Waals surface area (Å²) in [5.41, 5.74) is 0.857. The van der Waals surface area contributed by atoms with E-state index >= 15 is 0 Å². The Balaban J connectivity index is 2.57. The third-order valence-electron chi connectivity index (χ3n) is 3.43. The molecule has 2 aromatic rings. The monoisotopic (exact) mass is 370 g/mol. The Labute approximate surface area is 145 Å². The molecule has 0 bridgehead atoms. The lowest BCUT2D eigenvalue weighted by atomic mass is 10.3. The van der Waals surface area contributed by atoms with Crippen LogP contribution in [-0.4, -0.2) is 38.4 Å². The number of fused-ring (bicyclic) bond motifs is 1. The van der Waals surface area contributed by atoms with Gasteiger partial charge in [0.25, 0.3) is 0 Å². The standard InChI is InChI=1S/C16H22N2O4S2/c1-4-6-15(19)17-16-18(9-10-22-5-2)13-8-7-12(24(3,20)21)11-14(13)23-16/h7-8,11H,4-6,9-10H2,1-3H3. The average Bonchev–Trinajstić information content (AvgIpc) is 2.83. The highest BCUT2D eigenvalue weighted by molar-refractivity contribution is 7.90. The second kappa shape index (κ2) is 8.04. The molecule has 0 unspecified atom stereocenters. The minimum atomic E-state index is -3.28. The highest BCUT2D eigenvalue weighted by atomic mass is 32.2. The molecule has 0 spiro atoms. The molecule has 8 heteroatoms. The van der Waals surface area contributed by atoms with Gasteiger partial charge >= 0.3 is 0 Å². The van der Waals surface area contributed by atoms with E-state index in [1.54, 1.807) is 18.2 Å². The zero-order chi connectivity index (χ0) is 17.7. The molecule has 6 nitrogen and oxygen atoms in total. The number of carbonyl (C=O) groups is 1. The molecule has 0 atom stereocenters. The Bertz CT molecular complexity index is 894. The third-order valence-corrected chi connectivity index (χ3v) is 5.58. The lowest BCUT2D eigenvalue weighted by molar-refractivity contribution is -0.118. The molecule has 24 heavy (non-hydrogen) atoms. The molecule has 2 rings (SSSR count). The number of thiazole rings is 1. The fourth-order valence-corrected chi connectivity index (χ4v) is 4.10. The number of ether oxygens (including phenoxy) is 1. The number of hydrogen-bond donors (Lipinski definition) is 0. The summed E-state index contributed by atoms with van der Waals surface area (Å²) in [6.45, 7) is 5.53. The summed E-state index contributed by atoms with van der Waals surface area (Å²) in [4.78, 5) is 16.9. The van der Waals surface area contributed by atoms with Crippen LogP contribution in [0.4, 0.5) is 0 Å². The van der Waals surface area contributed by atoms with E-state index in [0.29, 0.717) is 31.0 Å². The van der Waals surface area contributed by atoms with Crippen LogP contribution >= 0.6 is 11.3 Å². The number of sulfone groups is 1. The molecule has 1 amide bonds. The van der Waals surface area contributed by atoms with Crippen molar-refractivity contribution in [3.63, 3.8) is 0 Å². The zero-order valence-corrected chi connectivity index (χ0v) is 15.7. The number of benzene rings is 1. The van der Waals surface area contributed by atoms with E-state index in [2.05, 4.69) is 4.99 Å². The van der Waals surface area contributed by atoms with Gasteiger partial charge in [0.15, 0.2) is 14.6 Å². The largest absolute Gasteiger partial charge is 0.380 e. The maximum absolute atomic E-state index is 11.9. The van der Waals surface area contributed by atoms with Crippen molar-refractivity contribution in [3.05, 3.63) is 23.0 Å². The summed E-state index contributed by atoms with van der Waals surface area (Å²) in [6, 6.07) is 4.98. The molecule has 132 valence electrons. The Morgan fingerprint density at radius 2 is 2.08 bits per heavy atom. The van der Waals surface area contributed by atoms with Crippen molar-refractivity contribution < 1.29 is 17.9 Å². The summed E-state index contributed by atoms with van der Waals surface area (Å²) in [5, 5.41) is 0. The van der Waals surface area contributed by atoms with Crippen LogP contribution in [0.3, 0.4) is 0 Å². The van der Waals surface area contributed by atoms with Crippen molar-refractivity contribution in [2.24, 2.45) is 4.99 Å². The van der Waals surface area contributed by atoms with Gasteiger partial charge in [0, 0.05) is 25.8 Å². The molecule has 1 aromatic heterocycles. The average molecular weight is 370 g/mol. The Morgan fingerprint density at radius 1 is 1.33 bits per heavy atom. The number of aromatic nitrogens is 1. The number of rotatable bonds is 7. The van der Waals surface area contributed by atoms with E-state index < -0.39 is 9.84 Å². The summed E-state index contributed by atoms with van der Waals surface area (Å²) in [5.74, 6) is -0.169. The van der Waals surface area contributed by atoms with Crippen LogP contribution in [0.5, 0.6) is 0 Å². The second-order valence-electron chi connectivity index (χ2n) is 5.39. The molecule has 0 fully saturated rings. The molecule has 0 aliphatic carbocycles. The quantitative estimate of drug-likeness (QED) is 0.701. The van der Waals surface area contributed by atoms with Gasteiger partial charge in [0.05, 0.1) is 21.7 Å². The van der Waals surface area contributed by atoms with Crippen molar-refractivity contribution in [2.45, 2.75) is 38.1 Å². The fraction of sp³-hybridized carbons (Fsp3) is 0.500. The predicted octanol–water partition coefficient (Wildman–Crippen LogP) is 2.37. The van der Waals surface area contributed by atoms with E-state index in [9.17, 15) is 13.2 Å². The molecule has 0 saturated heterocycles. The minimum Gasteiger partial charge on any atom is -0.380 e. The van der Waals surface area contributed by atoms with Crippen molar-refractivity contribution in [1.29, 1.82) is 0 Å². The topological polar surface area (TPSA) is 77.7 Å². The predicted molar refractivity (Wildman–Crippen MR) is 94.9 cm³/mol. The maximum Gasteiger partial charge on any atom is 0.248 e. The SMILES string of the molecule is CCCC(=O)N=c1sc2cc(S(C)(=O)=O)ccc2n1CCOCC. The van der Waals surface area contributed by atoms with Gasteiger partial charge in [-0.05, 0) is 31.5 Å². The van der Waals surface area contributed by atoms with Crippen LogP contribution < -0.4 is 4.80 Å². The van der Waals surface area contributed by atoms with E-state index in [4.69, 9.17) is 4.74 Å². The first-order valence-electron chi connectivity index (χ1n) is 7.85. The van der Waals surface area contributed by atoms with Gasteiger partial charge in [-0.2, -0.15) is 4.99 Å². The van der Waals surface area contributed by atoms with Gasteiger partial charge in [-0.15, -0.1) is 0 Å². The first kappa shape index (κ1) is 18.8. The van der Waals surface area contributed by atoms with Crippen LogP contribution in [0, 0.1) is 0 Å². The first-order chi connectivity index (χ1) is 11.4. The smallest absolute Gasteiger partial charge is 0.248 e. The summed E-state index contributed by atoms with van der Waals surface area (Å²) in [6.07, 6.45) is 2.32. The van der Waals surface area contributed by atoms with Crippen molar-refractivity contribution in [3.8, 4) is 0 Å². The van der Waals surface area contributed by atoms with Crippen LogP contribution in [0.15, 0.2) is 28.1 Å². The number of amides is 1. The fourth-order valence-electron chi connectivity index (χ4n) is 2.26. The highest BCUT2D eigenvalue weighted by Crippen LogP contribution is 2.22. The minimum absolute atomic E-state index is 0.169. The lowest BCUT2D eigenvalue weighted by Crippen LogP contribution is -2.19. The van der Waals surface area contributed by atoms with E-state index in [0.717, 1.165) is 16.6 Å². The van der Waals surface area contributed by atoms with Gasteiger partial charge in [0.2, 0.25) is 5.91 Å². The van der Waals surface area contributed by atoms with Gasteiger partial charge in [-0.1, -0.05) is 18.3 Å². The molecule has 1 aromatic carbocycles. The van der Waals surface area contributed by atoms with E-state index in [1.165, 1.54) is 17.6 Å². The number of nitrogens with zero attached hydrogens (tertiary/aromatic N) is 2. The summed E-state index contributed by atoms with van der Waals surface area (Å²) < 4.78 is 31.6. The van der Waals surface area contributed by atoms with Crippen LogP contribution in [0.1, 0.15) is 26.7 Å². The first-order valence-corrected chi connectivity index (χ1v) is 10.6. The number of carbonyl (C=O) groups excluding carboxylic acids is 1. The zero-order valence-electron chi connectivity index (χ0n) is 14.1. The van der Waals surface area contributed by atoms with Gasteiger partial charge in [-0.3, -0.25) is 4.79 Å². The number of hydrogen-bond acceptors (Lipinski definition) is 5. The highest BCUT2D eigenvalue weighted by Gasteiger charge is 2.12. The van der Waals surface area contributed by atoms with Crippen LogP contribution in [0.2, 0.25) is 0 Å². The Morgan fingerprint density at radius 3 is 2.71 bits per heavy atom. The van der Waals surface area contributed by atoms with Crippen molar-refractivity contribution >= 4 is 37.3 Å². The van der Waals surface area contributed by atoms with Crippen molar-refractivity contribution in [1.82, 2.24) is 4.57 Å². The Kier molecular flexibility index (Phi) is 6.31. The van der Waals surface area contributed by atoms with Gasteiger partial charge < -0.3 is 9.30 Å². The molecule has 1 heterocycles. The molecular weight excluding hydrogens is 348 g/mol. The van der Waals surface area contributed by atoms with E-state index in [1.807, 2.05) is 18.4 Å². The summed E-state index contributed by atoms with van der Waals surface area (Å²) in [7, 11) is -3.28. The van der Waals surface area contributed by atoms with Gasteiger partial charge in [0.1, 0.15) is 0 Å².